The van der Waals surface area contributed by atoms with Crippen molar-refractivity contribution in [1.82, 2.24) is 0 Å². The van der Waals surface area contributed by atoms with Gasteiger partial charge in [-0.3, -0.25) is 0 Å². The second-order valence-corrected chi connectivity index (χ2v) is 5.47. The Hall–Kier alpha value is -1.69. The molecule has 0 heterocycles. The van der Waals surface area contributed by atoms with Crippen LogP contribution in [0.15, 0.2) is 24.3 Å². The average Bonchev–Trinajstić information content (AvgIpc) is 2.48. The zero-order valence-electron chi connectivity index (χ0n) is 11.8. The van der Waals surface area contributed by atoms with Crippen LogP contribution in [0, 0.1) is 17.2 Å². The maximum atomic E-state index is 9.61. The van der Waals surface area contributed by atoms with E-state index in [0.717, 1.165) is 24.3 Å². The van der Waals surface area contributed by atoms with Gasteiger partial charge in [-0.05, 0) is 37.8 Å². The summed E-state index contributed by atoms with van der Waals surface area (Å²) >= 11 is 0. The van der Waals surface area contributed by atoms with Crippen molar-refractivity contribution in [3.05, 3.63) is 24.3 Å². The lowest BCUT2D eigenvalue weighted by molar-refractivity contribution is 0.285. The highest BCUT2D eigenvalue weighted by Gasteiger charge is 2.35. The molecule has 1 N–H and O–H groups in total. The maximum absolute atomic E-state index is 9.61. The lowest BCUT2D eigenvalue weighted by Crippen LogP contribution is -2.42. The number of nitriles is 1. The van der Waals surface area contributed by atoms with Gasteiger partial charge in [0.25, 0.3) is 0 Å². The van der Waals surface area contributed by atoms with Crippen molar-refractivity contribution >= 4 is 5.69 Å². The summed E-state index contributed by atoms with van der Waals surface area (Å²) in [6, 6.07) is 10.3. The zero-order valence-corrected chi connectivity index (χ0v) is 11.8. The largest absolute Gasteiger partial charge is 0.495 e. The van der Waals surface area contributed by atoms with E-state index in [1.54, 1.807) is 7.11 Å². The van der Waals surface area contributed by atoms with Crippen LogP contribution in [-0.4, -0.2) is 12.6 Å². The number of para-hydroxylation sites is 2. The Kier molecular flexibility index (Phi) is 4.31. The molecule has 0 saturated heterocycles. The van der Waals surface area contributed by atoms with Gasteiger partial charge in [0, 0.05) is 0 Å². The van der Waals surface area contributed by atoms with Crippen molar-refractivity contribution in [2.45, 2.75) is 44.6 Å². The van der Waals surface area contributed by atoms with Crippen LogP contribution in [0.2, 0.25) is 0 Å². The SMILES string of the molecule is COc1ccccc1NC(C)(C#N)C1CCCCC1. The molecule has 0 radical (unpaired) electrons. The summed E-state index contributed by atoms with van der Waals surface area (Å²) in [4.78, 5) is 0. The Morgan fingerprint density at radius 2 is 1.95 bits per heavy atom. The minimum atomic E-state index is -0.519. The molecular weight excluding hydrogens is 236 g/mol. The highest BCUT2D eigenvalue weighted by molar-refractivity contribution is 5.58. The van der Waals surface area contributed by atoms with Crippen LogP contribution in [0.4, 0.5) is 5.69 Å². The van der Waals surface area contributed by atoms with Gasteiger partial charge in [0.15, 0.2) is 0 Å². The second-order valence-electron chi connectivity index (χ2n) is 5.47. The van der Waals surface area contributed by atoms with E-state index in [2.05, 4.69) is 11.4 Å². The number of nitrogens with one attached hydrogen (secondary N) is 1. The minimum absolute atomic E-state index is 0.413. The van der Waals surface area contributed by atoms with Gasteiger partial charge in [0.2, 0.25) is 0 Å². The Bertz CT molecular complexity index is 460. The van der Waals surface area contributed by atoms with Crippen molar-refractivity contribution < 1.29 is 4.74 Å². The molecule has 2 rings (SSSR count). The van der Waals surface area contributed by atoms with Crippen LogP contribution in [-0.2, 0) is 0 Å². The van der Waals surface area contributed by atoms with Crippen LogP contribution in [0.25, 0.3) is 0 Å². The second kappa shape index (κ2) is 5.97. The molecule has 1 saturated carbocycles. The fraction of sp³-hybridized carbons (Fsp3) is 0.562. The quantitative estimate of drug-likeness (QED) is 0.888. The normalized spacial score (nSPS) is 19.2. The van der Waals surface area contributed by atoms with Gasteiger partial charge in [0.05, 0.1) is 18.9 Å². The van der Waals surface area contributed by atoms with Crippen LogP contribution in [0.3, 0.4) is 0 Å². The third-order valence-corrected chi connectivity index (χ3v) is 4.16. The first-order chi connectivity index (χ1) is 9.19. The first kappa shape index (κ1) is 13.7. The molecule has 1 aliphatic rings. The fourth-order valence-corrected chi connectivity index (χ4v) is 2.93. The molecule has 3 heteroatoms. The molecule has 0 spiro atoms. The molecule has 1 aromatic rings. The number of hydrogen-bond donors (Lipinski definition) is 1. The average molecular weight is 258 g/mol. The van der Waals surface area contributed by atoms with Crippen molar-refractivity contribution in [1.29, 1.82) is 5.26 Å². The summed E-state index contributed by atoms with van der Waals surface area (Å²) in [7, 11) is 1.66. The third kappa shape index (κ3) is 3.01. The number of methoxy groups -OCH3 is 1. The van der Waals surface area contributed by atoms with E-state index in [0.29, 0.717) is 5.92 Å². The molecule has 0 aromatic heterocycles. The van der Waals surface area contributed by atoms with Crippen molar-refractivity contribution in [3.8, 4) is 11.8 Å². The van der Waals surface area contributed by atoms with Gasteiger partial charge >= 0.3 is 0 Å². The van der Waals surface area contributed by atoms with Gasteiger partial charge in [-0.2, -0.15) is 5.26 Å². The Labute approximate surface area is 115 Å². The highest BCUT2D eigenvalue weighted by Crippen LogP contribution is 2.36. The smallest absolute Gasteiger partial charge is 0.141 e. The van der Waals surface area contributed by atoms with Gasteiger partial charge in [-0.25, -0.2) is 0 Å². The lowest BCUT2D eigenvalue weighted by atomic mass is 9.76. The molecule has 0 aliphatic heterocycles. The molecule has 3 nitrogen and oxygen atoms in total. The summed E-state index contributed by atoms with van der Waals surface area (Å²) in [6.45, 7) is 2.01. The van der Waals surface area contributed by atoms with E-state index in [1.165, 1.54) is 19.3 Å². The van der Waals surface area contributed by atoms with Crippen LogP contribution in [0.5, 0.6) is 5.75 Å². The first-order valence-electron chi connectivity index (χ1n) is 7.02. The molecule has 0 bridgehead atoms. The number of hydrogen-bond acceptors (Lipinski definition) is 3. The summed E-state index contributed by atoms with van der Waals surface area (Å²) in [5.74, 6) is 1.20. The molecule has 1 fully saturated rings. The minimum Gasteiger partial charge on any atom is -0.495 e. The molecule has 1 aromatic carbocycles. The molecule has 102 valence electrons. The Balaban J connectivity index is 2.20. The lowest BCUT2D eigenvalue weighted by Gasteiger charge is -2.36. The van der Waals surface area contributed by atoms with Crippen LogP contribution < -0.4 is 10.1 Å². The summed E-state index contributed by atoms with van der Waals surface area (Å²) in [5.41, 5.74) is 0.384. The third-order valence-electron chi connectivity index (χ3n) is 4.16. The maximum Gasteiger partial charge on any atom is 0.141 e. The van der Waals surface area contributed by atoms with Crippen LogP contribution >= 0.6 is 0 Å². The summed E-state index contributed by atoms with van der Waals surface area (Å²) in [5, 5.41) is 13.0. The predicted molar refractivity (Wildman–Crippen MR) is 77.2 cm³/mol. The number of ether oxygens (including phenoxy) is 1. The van der Waals surface area contributed by atoms with E-state index in [1.807, 2.05) is 31.2 Å². The van der Waals surface area contributed by atoms with Crippen molar-refractivity contribution in [2.75, 3.05) is 12.4 Å². The van der Waals surface area contributed by atoms with E-state index < -0.39 is 5.54 Å². The molecule has 19 heavy (non-hydrogen) atoms. The number of benzene rings is 1. The first-order valence-corrected chi connectivity index (χ1v) is 7.02. The van der Waals surface area contributed by atoms with E-state index in [-0.39, 0.29) is 0 Å². The summed E-state index contributed by atoms with van der Waals surface area (Å²) < 4.78 is 5.35. The van der Waals surface area contributed by atoms with Gasteiger partial charge < -0.3 is 10.1 Å². The number of rotatable bonds is 4. The van der Waals surface area contributed by atoms with Gasteiger partial charge in [-0.1, -0.05) is 31.4 Å². The molecule has 1 atom stereocenters. The van der Waals surface area contributed by atoms with E-state index in [9.17, 15) is 5.26 Å². The highest BCUT2D eigenvalue weighted by atomic mass is 16.5. The predicted octanol–water partition coefficient (Wildman–Crippen LogP) is 3.97. The molecule has 1 aliphatic carbocycles. The van der Waals surface area contributed by atoms with E-state index >= 15 is 0 Å². The monoisotopic (exact) mass is 258 g/mol. The number of nitrogens with zero attached hydrogens (tertiary/aromatic N) is 1. The molecule has 0 amide bonds. The fourth-order valence-electron chi connectivity index (χ4n) is 2.93. The topological polar surface area (TPSA) is 45.0 Å². The summed E-state index contributed by atoms with van der Waals surface area (Å²) in [6.07, 6.45) is 6.02. The van der Waals surface area contributed by atoms with Gasteiger partial charge in [0.1, 0.15) is 11.3 Å². The van der Waals surface area contributed by atoms with Crippen LogP contribution in [0.1, 0.15) is 39.0 Å². The zero-order chi connectivity index (χ0) is 13.7. The number of anilines is 1. The standard InChI is InChI=1S/C16H22N2O/c1-16(12-17,13-8-4-3-5-9-13)18-14-10-6-7-11-15(14)19-2/h6-7,10-11,13,18H,3-5,8-9H2,1-2H3. The Morgan fingerprint density at radius 1 is 1.26 bits per heavy atom. The Morgan fingerprint density at radius 3 is 2.58 bits per heavy atom. The molecular formula is C16H22N2O. The molecule has 1 unspecified atom stereocenters. The van der Waals surface area contributed by atoms with E-state index in [4.69, 9.17) is 4.74 Å². The van der Waals surface area contributed by atoms with Gasteiger partial charge in [-0.15, -0.1) is 0 Å². The van der Waals surface area contributed by atoms with Crippen molar-refractivity contribution in [3.63, 3.8) is 0 Å². The van der Waals surface area contributed by atoms with Crippen molar-refractivity contribution in [2.24, 2.45) is 5.92 Å².